The maximum absolute atomic E-state index is 13.1. The van der Waals surface area contributed by atoms with Crippen LogP contribution in [0.15, 0.2) is 64.8 Å². The zero-order valence-electron chi connectivity index (χ0n) is 17.6. The van der Waals surface area contributed by atoms with Gasteiger partial charge >= 0.3 is 0 Å². The predicted molar refractivity (Wildman–Crippen MR) is 125 cm³/mol. The molecule has 2 N–H and O–H groups in total. The van der Waals surface area contributed by atoms with Gasteiger partial charge in [-0.05, 0) is 30.0 Å². The van der Waals surface area contributed by atoms with Crippen molar-refractivity contribution in [3.05, 3.63) is 75.5 Å². The van der Waals surface area contributed by atoms with Gasteiger partial charge < -0.3 is 10.6 Å². The Balaban J connectivity index is 1.59. The molecule has 0 fully saturated rings. The number of hydrogen-bond donors (Lipinski definition) is 2. The molecule has 1 aliphatic heterocycles. The van der Waals surface area contributed by atoms with Crippen molar-refractivity contribution in [2.45, 2.75) is 32.7 Å². The molecule has 2 aliphatic rings. The van der Waals surface area contributed by atoms with Crippen molar-refractivity contribution in [2.75, 3.05) is 5.32 Å². The molecule has 0 radical (unpaired) electrons. The number of allylic oxidation sites excluding steroid dienone is 1. The van der Waals surface area contributed by atoms with E-state index in [2.05, 4.69) is 15.6 Å². The number of ketones is 1. The van der Waals surface area contributed by atoms with E-state index in [1.54, 1.807) is 18.2 Å². The summed E-state index contributed by atoms with van der Waals surface area (Å²) < 4.78 is 1.04. The molecule has 0 spiro atoms. The number of carbonyl (C=O) groups is 1. The van der Waals surface area contributed by atoms with Crippen LogP contribution in [0.3, 0.4) is 0 Å². The number of anilines is 1. The van der Waals surface area contributed by atoms with Crippen LogP contribution in [0.1, 0.15) is 38.3 Å². The molecule has 0 unspecified atom stereocenters. The molecule has 1 aromatic heterocycles. The van der Waals surface area contributed by atoms with Crippen molar-refractivity contribution in [3.63, 3.8) is 0 Å². The fraction of sp³-hybridized carbons (Fsp3) is 0.261. The smallest absolute Gasteiger partial charge is 0.275 e. The van der Waals surface area contributed by atoms with E-state index in [4.69, 9.17) is 4.99 Å². The summed E-state index contributed by atoms with van der Waals surface area (Å²) in [6.45, 7) is 4.09. The number of carbonyl (C=O) groups excluding carboxylic acids is 1. The average Bonchev–Trinajstić information content (AvgIpc) is 3.14. The van der Waals surface area contributed by atoms with Gasteiger partial charge in [0.2, 0.25) is 5.96 Å². The first-order chi connectivity index (χ1) is 15.3. The van der Waals surface area contributed by atoms with E-state index in [0.717, 1.165) is 15.9 Å². The Labute approximate surface area is 188 Å². The summed E-state index contributed by atoms with van der Waals surface area (Å²) in [7, 11) is 0. The summed E-state index contributed by atoms with van der Waals surface area (Å²) in [5, 5.41) is 18.9. The molecular formula is C23H21N5O3S. The van der Waals surface area contributed by atoms with E-state index in [1.165, 1.54) is 17.4 Å². The zero-order chi connectivity index (χ0) is 22.5. The number of aromatic nitrogens is 1. The molecule has 0 saturated carbocycles. The van der Waals surface area contributed by atoms with Gasteiger partial charge in [0.05, 0.1) is 20.7 Å². The van der Waals surface area contributed by atoms with Crippen LogP contribution in [0.5, 0.6) is 0 Å². The lowest BCUT2D eigenvalue weighted by Gasteiger charge is -2.37. The number of thiazole rings is 1. The van der Waals surface area contributed by atoms with Gasteiger partial charge in [-0.3, -0.25) is 14.9 Å². The normalized spacial score (nSPS) is 19.9. The Bertz CT molecular complexity index is 1290. The highest BCUT2D eigenvalue weighted by Crippen LogP contribution is 2.44. The molecule has 9 heteroatoms. The first-order valence-electron chi connectivity index (χ1n) is 10.3. The lowest BCUT2D eigenvalue weighted by Crippen LogP contribution is -2.41. The van der Waals surface area contributed by atoms with Gasteiger partial charge in [-0.15, -0.1) is 0 Å². The van der Waals surface area contributed by atoms with Crippen molar-refractivity contribution in [3.8, 4) is 0 Å². The molecular weight excluding hydrogens is 426 g/mol. The summed E-state index contributed by atoms with van der Waals surface area (Å²) in [4.78, 5) is 33.7. The molecule has 1 aliphatic carbocycles. The molecule has 3 aromatic rings. The molecule has 1 atom stereocenters. The summed E-state index contributed by atoms with van der Waals surface area (Å²) >= 11 is 1.49. The van der Waals surface area contributed by atoms with Gasteiger partial charge in [0.25, 0.3) is 5.69 Å². The fourth-order valence-electron chi connectivity index (χ4n) is 4.33. The molecule has 2 heterocycles. The maximum Gasteiger partial charge on any atom is 0.275 e. The Kier molecular flexibility index (Phi) is 4.78. The number of nitro benzene ring substituents is 1. The summed E-state index contributed by atoms with van der Waals surface area (Å²) in [5.41, 5.74) is 2.28. The molecule has 0 bridgehead atoms. The first-order valence-corrected chi connectivity index (χ1v) is 11.1. The van der Waals surface area contributed by atoms with Gasteiger partial charge in [-0.1, -0.05) is 49.4 Å². The number of aliphatic imine (C=N–C) groups is 1. The third-order valence-corrected chi connectivity index (χ3v) is 6.62. The Hall–Kier alpha value is -3.59. The minimum absolute atomic E-state index is 0.0327. The average molecular weight is 448 g/mol. The molecule has 32 heavy (non-hydrogen) atoms. The van der Waals surface area contributed by atoms with Crippen molar-refractivity contribution in [2.24, 2.45) is 10.4 Å². The van der Waals surface area contributed by atoms with Crippen LogP contribution in [0.4, 0.5) is 10.8 Å². The molecule has 162 valence electrons. The topological polar surface area (TPSA) is 110 Å². The highest BCUT2D eigenvalue weighted by molar-refractivity contribution is 7.22. The van der Waals surface area contributed by atoms with Crippen LogP contribution in [-0.2, 0) is 4.79 Å². The number of Topliss-reactive ketones (excluding diaryl/α,β-unsaturated/α-hetero) is 1. The largest absolute Gasteiger partial charge is 0.329 e. The van der Waals surface area contributed by atoms with Crippen molar-refractivity contribution < 1.29 is 9.72 Å². The second-order valence-corrected chi connectivity index (χ2v) is 9.80. The van der Waals surface area contributed by atoms with E-state index in [9.17, 15) is 14.9 Å². The Morgan fingerprint density at radius 1 is 1.16 bits per heavy atom. The number of fused-ring (bicyclic) bond motifs is 1. The number of rotatable bonds is 3. The number of nitro groups is 1. The van der Waals surface area contributed by atoms with E-state index in [0.29, 0.717) is 35.1 Å². The molecule has 0 saturated heterocycles. The summed E-state index contributed by atoms with van der Waals surface area (Å²) in [5.74, 6) is 0.395. The van der Waals surface area contributed by atoms with Crippen LogP contribution in [0.2, 0.25) is 0 Å². The van der Waals surface area contributed by atoms with E-state index in [-0.39, 0.29) is 16.9 Å². The minimum atomic E-state index is -0.756. The van der Waals surface area contributed by atoms with Gasteiger partial charge in [-0.2, -0.15) is 0 Å². The lowest BCUT2D eigenvalue weighted by molar-refractivity contribution is -0.385. The Morgan fingerprint density at radius 2 is 1.91 bits per heavy atom. The monoisotopic (exact) mass is 447 g/mol. The molecule has 0 amide bonds. The second kappa shape index (κ2) is 7.52. The van der Waals surface area contributed by atoms with E-state index >= 15 is 0 Å². The number of guanidine groups is 1. The van der Waals surface area contributed by atoms with E-state index in [1.807, 2.05) is 38.1 Å². The summed E-state index contributed by atoms with van der Waals surface area (Å²) in [6.07, 6.45) is 1.02. The number of hydrogen-bond acceptors (Lipinski definition) is 8. The van der Waals surface area contributed by atoms with Gasteiger partial charge in [0.1, 0.15) is 6.04 Å². The highest BCUT2D eigenvalue weighted by Gasteiger charge is 2.41. The van der Waals surface area contributed by atoms with Crippen molar-refractivity contribution in [1.82, 2.24) is 10.3 Å². The molecule has 2 aromatic carbocycles. The number of benzene rings is 2. The quantitative estimate of drug-likeness (QED) is 0.434. The Morgan fingerprint density at radius 3 is 2.69 bits per heavy atom. The van der Waals surface area contributed by atoms with Gasteiger partial charge in [0, 0.05) is 23.8 Å². The predicted octanol–water partition coefficient (Wildman–Crippen LogP) is 4.96. The first kappa shape index (κ1) is 20.3. The standard InChI is InChI=1S/C23H21N5O3S/c1-23(2)11-15-19(17(29)12-23)20(13-7-3-5-9-16(13)28(30)31)26-21(24-15)27-22-25-14-8-4-6-10-18(14)32-22/h3-10,20H,11-12H2,1-2H3,(H2,24,25,26,27)/t20-/m1/s1. The van der Waals surface area contributed by atoms with Crippen molar-refractivity contribution in [1.29, 1.82) is 0 Å². The van der Waals surface area contributed by atoms with Crippen LogP contribution in [0, 0.1) is 15.5 Å². The highest BCUT2D eigenvalue weighted by atomic mass is 32.1. The fourth-order valence-corrected chi connectivity index (χ4v) is 5.20. The van der Waals surface area contributed by atoms with Crippen LogP contribution >= 0.6 is 11.3 Å². The number of nitrogens with one attached hydrogen (secondary N) is 2. The SMILES string of the molecule is CC1(C)CC(=O)C2=C(C1)NC(Nc1nc3ccccc3s1)=N[C@@H]2c1ccccc1[N+](=O)[O-]. The second-order valence-electron chi connectivity index (χ2n) is 8.77. The minimum Gasteiger partial charge on any atom is -0.329 e. The zero-order valence-corrected chi connectivity index (χ0v) is 18.4. The van der Waals surface area contributed by atoms with Crippen LogP contribution in [-0.4, -0.2) is 21.7 Å². The summed E-state index contributed by atoms with van der Waals surface area (Å²) in [6, 6.07) is 13.5. The van der Waals surface area contributed by atoms with Crippen LogP contribution < -0.4 is 10.6 Å². The third-order valence-electron chi connectivity index (χ3n) is 5.67. The maximum atomic E-state index is 13.1. The molecule has 5 rings (SSSR count). The van der Waals surface area contributed by atoms with Crippen molar-refractivity contribution >= 4 is 44.1 Å². The number of nitrogens with zero attached hydrogens (tertiary/aromatic N) is 3. The van der Waals surface area contributed by atoms with E-state index < -0.39 is 11.0 Å². The third kappa shape index (κ3) is 3.64. The molecule has 8 nitrogen and oxygen atoms in total. The van der Waals surface area contributed by atoms with Gasteiger partial charge in [0.15, 0.2) is 10.9 Å². The van der Waals surface area contributed by atoms with Gasteiger partial charge in [-0.25, -0.2) is 9.98 Å². The number of para-hydroxylation sites is 2. The van der Waals surface area contributed by atoms with Crippen LogP contribution in [0.25, 0.3) is 10.2 Å². The lowest BCUT2D eigenvalue weighted by atomic mass is 9.73.